The van der Waals surface area contributed by atoms with Gasteiger partial charge in [0.25, 0.3) is 5.56 Å². The summed E-state index contributed by atoms with van der Waals surface area (Å²) in [4.78, 5) is 14.5. The van der Waals surface area contributed by atoms with Gasteiger partial charge in [-0.25, -0.2) is 8.42 Å². The van der Waals surface area contributed by atoms with Crippen molar-refractivity contribution in [1.29, 1.82) is 0 Å². The molecule has 0 spiro atoms. The molecule has 45 heavy (non-hydrogen) atoms. The van der Waals surface area contributed by atoms with Crippen LogP contribution in [0, 0.1) is 5.92 Å². The zero-order valence-corrected chi connectivity index (χ0v) is 29.4. The SMILES string of the molecule is CC1CC(c2cccc(-n3cc(C4CC4)c4cc(CN(C)S(C)(=O)=O)n(COCC[Si](C)(C)C)c4c3=O)c2)(c2nncn2C)C1. The van der Waals surface area contributed by atoms with Crippen molar-refractivity contribution in [3.8, 4) is 5.69 Å². The van der Waals surface area contributed by atoms with Crippen molar-refractivity contribution in [3.63, 3.8) is 0 Å². The van der Waals surface area contributed by atoms with E-state index in [1.165, 1.54) is 10.6 Å². The van der Waals surface area contributed by atoms with E-state index < -0.39 is 18.1 Å². The summed E-state index contributed by atoms with van der Waals surface area (Å²) in [6.45, 7) is 10.1. The maximum absolute atomic E-state index is 14.5. The number of fused-ring (bicyclic) bond motifs is 1. The third-order valence-electron chi connectivity index (χ3n) is 9.58. The van der Waals surface area contributed by atoms with Gasteiger partial charge in [0.2, 0.25) is 10.0 Å². The van der Waals surface area contributed by atoms with E-state index in [4.69, 9.17) is 4.74 Å². The second kappa shape index (κ2) is 11.6. The third kappa shape index (κ3) is 6.21. The topological polar surface area (TPSA) is 104 Å². The highest BCUT2D eigenvalue weighted by molar-refractivity contribution is 7.88. The lowest BCUT2D eigenvalue weighted by molar-refractivity contribution is 0.0876. The van der Waals surface area contributed by atoms with Crippen LogP contribution >= 0.6 is 0 Å². The number of benzene rings is 1. The molecule has 1 aromatic carbocycles. The van der Waals surface area contributed by atoms with Gasteiger partial charge in [0.05, 0.1) is 18.2 Å². The van der Waals surface area contributed by atoms with Crippen LogP contribution < -0.4 is 5.56 Å². The number of aryl methyl sites for hydroxylation is 1. The number of aromatic nitrogens is 5. The Balaban J connectivity index is 1.49. The molecule has 0 unspecified atom stereocenters. The van der Waals surface area contributed by atoms with Gasteiger partial charge in [-0.05, 0) is 72.9 Å². The van der Waals surface area contributed by atoms with Gasteiger partial charge in [0.15, 0.2) is 0 Å². The first-order chi connectivity index (χ1) is 21.2. The van der Waals surface area contributed by atoms with Crippen molar-refractivity contribution in [1.82, 2.24) is 28.2 Å². The fraction of sp³-hybridized carbons (Fsp3) is 0.545. The summed E-state index contributed by atoms with van der Waals surface area (Å²) in [6, 6.07) is 11.3. The molecule has 10 nitrogen and oxygen atoms in total. The van der Waals surface area contributed by atoms with E-state index >= 15 is 0 Å². The molecule has 6 rings (SSSR count). The highest BCUT2D eigenvalue weighted by Gasteiger charge is 2.48. The van der Waals surface area contributed by atoms with Crippen molar-refractivity contribution in [2.75, 3.05) is 19.9 Å². The Kier molecular flexibility index (Phi) is 8.24. The Hall–Kier alpha value is -3.06. The first kappa shape index (κ1) is 31.9. The van der Waals surface area contributed by atoms with Gasteiger partial charge >= 0.3 is 0 Å². The minimum Gasteiger partial charge on any atom is -0.361 e. The second-order valence-corrected chi connectivity index (χ2v) is 22.3. The molecule has 242 valence electrons. The zero-order valence-electron chi connectivity index (χ0n) is 27.6. The number of sulfonamides is 1. The molecule has 3 aromatic heterocycles. The molecule has 4 aromatic rings. The molecule has 0 atom stereocenters. The lowest BCUT2D eigenvalue weighted by atomic mass is 9.58. The van der Waals surface area contributed by atoms with Crippen LogP contribution in [-0.2, 0) is 40.5 Å². The fourth-order valence-electron chi connectivity index (χ4n) is 6.85. The maximum Gasteiger partial charge on any atom is 0.279 e. The summed E-state index contributed by atoms with van der Waals surface area (Å²) < 4.78 is 38.0. The van der Waals surface area contributed by atoms with Crippen LogP contribution in [0.1, 0.15) is 61.2 Å². The molecule has 0 amide bonds. The fourth-order valence-corrected chi connectivity index (χ4v) is 7.97. The molecule has 0 aliphatic heterocycles. The molecule has 0 N–H and O–H groups in total. The maximum atomic E-state index is 14.5. The predicted octanol–water partition coefficient (Wildman–Crippen LogP) is 5.22. The molecule has 2 fully saturated rings. The number of nitrogens with zero attached hydrogens (tertiary/aromatic N) is 6. The normalized spacial score (nSPS) is 20.7. The van der Waals surface area contributed by atoms with Crippen LogP contribution in [0.5, 0.6) is 0 Å². The Morgan fingerprint density at radius 1 is 1.16 bits per heavy atom. The van der Waals surface area contributed by atoms with Crippen molar-refractivity contribution in [3.05, 3.63) is 75.9 Å². The standard InChI is InChI=1S/C33H46N6O4SSi/c1-23-17-33(18-23,32-35-34-21-36(32)2)25-9-8-10-26(15-25)38-20-29(24-11-12-24)28-16-27(19-37(3)44(4,41)42)39(30(28)31(38)40)22-43-13-14-45(5,6)7/h8-10,15-16,20-21,23-24H,11-14,17-19,22H2,1-7H3. The molecule has 12 heteroatoms. The van der Waals surface area contributed by atoms with Crippen LogP contribution in [0.25, 0.3) is 16.6 Å². The molecule has 2 aliphatic carbocycles. The van der Waals surface area contributed by atoms with Gasteiger partial charge in [0, 0.05) is 51.7 Å². The average Bonchev–Trinajstić information content (AvgIpc) is 3.60. The molecule has 2 saturated carbocycles. The Labute approximate surface area is 267 Å². The highest BCUT2D eigenvalue weighted by atomic mass is 32.2. The van der Waals surface area contributed by atoms with Gasteiger partial charge in [-0.3, -0.25) is 9.36 Å². The first-order valence-electron chi connectivity index (χ1n) is 15.9. The number of ether oxygens (including phenoxy) is 1. The van der Waals surface area contributed by atoms with Gasteiger partial charge < -0.3 is 13.9 Å². The second-order valence-electron chi connectivity index (χ2n) is 14.6. The van der Waals surface area contributed by atoms with Crippen LogP contribution in [0.15, 0.2) is 47.7 Å². The number of hydrogen-bond acceptors (Lipinski definition) is 6. The molecule has 3 heterocycles. The summed E-state index contributed by atoms with van der Waals surface area (Å²) in [6.07, 6.45) is 9.05. The van der Waals surface area contributed by atoms with Crippen LogP contribution in [0.2, 0.25) is 25.7 Å². The zero-order chi connectivity index (χ0) is 32.3. The molecule has 2 aliphatic rings. The van der Waals surface area contributed by atoms with E-state index in [0.717, 1.165) is 65.4 Å². The summed E-state index contributed by atoms with van der Waals surface area (Å²) >= 11 is 0. The Bertz CT molecular complexity index is 1890. The molecule has 0 bridgehead atoms. The van der Waals surface area contributed by atoms with Gasteiger partial charge in [-0.15, -0.1) is 10.2 Å². The van der Waals surface area contributed by atoms with Gasteiger partial charge in [0.1, 0.15) is 24.4 Å². The summed E-state index contributed by atoms with van der Waals surface area (Å²) in [7, 11) is -1.19. The number of pyridine rings is 1. The smallest absolute Gasteiger partial charge is 0.279 e. The van der Waals surface area contributed by atoms with Crippen molar-refractivity contribution in [2.45, 2.75) is 82.9 Å². The number of rotatable bonds is 12. The van der Waals surface area contributed by atoms with Crippen LogP contribution in [-0.4, -0.2) is 64.6 Å². The van der Waals surface area contributed by atoms with Crippen LogP contribution in [0.4, 0.5) is 0 Å². The van der Waals surface area contributed by atoms with E-state index in [1.54, 1.807) is 17.9 Å². The summed E-state index contributed by atoms with van der Waals surface area (Å²) in [5.74, 6) is 1.88. The van der Waals surface area contributed by atoms with E-state index in [-0.39, 0.29) is 24.2 Å². The van der Waals surface area contributed by atoms with Crippen LogP contribution in [0.3, 0.4) is 0 Å². The molecule has 0 radical (unpaired) electrons. The molecular weight excluding hydrogens is 605 g/mol. The molecular formula is C33H46N6O4SSi. The van der Waals surface area contributed by atoms with Crippen molar-refractivity contribution >= 4 is 29.0 Å². The molecule has 0 saturated heterocycles. The lowest BCUT2D eigenvalue weighted by Gasteiger charge is -2.46. The quantitative estimate of drug-likeness (QED) is 0.154. The summed E-state index contributed by atoms with van der Waals surface area (Å²) in [5, 5.41) is 9.59. The summed E-state index contributed by atoms with van der Waals surface area (Å²) in [5.41, 5.74) is 4.00. The van der Waals surface area contributed by atoms with Crippen molar-refractivity contribution in [2.24, 2.45) is 13.0 Å². The van der Waals surface area contributed by atoms with Crippen molar-refractivity contribution < 1.29 is 13.2 Å². The van der Waals surface area contributed by atoms with E-state index in [2.05, 4.69) is 48.9 Å². The monoisotopic (exact) mass is 650 g/mol. The van der Waals surface area contributed by atoms with Gasteiger partial charge in [-0.1, -0.05) is 38.7 Å². The Morgan fingerprint density at radius 3 is 2.49 bits per heavy atom. The minimum absolute atomic E-state index is 0.136. The largest absolute Gasteiger partial charge is 0.361 e. The van der Waals surface area contributed by atoms with E-state index in [0.29, 0.717) is 24.0 Å². The lowest BCUT2D eigenvalue weighted by Crippen LogP contribution is -2.43. The average molecular weight is 651 g/mol. The predicted molar refractivity (Wildman–Crippen MR) is 180 cm³/mol. The Morgan fingerprint density at radius 2 is 1.89 bits per heavy atom. The van der Waals surface area contributed by atoms with Gasteiger partial charge in [-0.2, -0.15) is 4.31 Å². The third-order valence-corrected chi connectivity index (χ3v) is 12.5. The van der Waals surface area contributed by atoms with E-state index in [9.17, 15) is 13.2 Å². The first-order valence-corrected chi connectivity index (χ1v) is 21.5. The van der Waals surface area contributed by atoms with E-state index in [1.807, 2.05) is 40.6 Å². The number of hydrogen-bond donors (Lipinski definition) is 0. The highest BCUT2D eigenvalue weighted by Crippen LogP contribution is 2.51. The minimum atomic E-state index is -3.43.